The van der Waals surface area contributed by atoms with E-state index in [1.54, 1.807) is 16.9 Å². The molecule has 11 nitrogen and oxygen atoms in total. The predicted molar refractivity (Wildman–Crippen MR) is 156 cm³/mol. The number of carbonyl (C=O) groups excluding carboxylic acids is 2. The second-order valence-corrected chi connectivity index (χ2v) is 11.1. The maximum absolute atomic E-state index is 13.6. The van der Waals surface area contributed by atoms with E-state index >= 15 is 0 Å². The van der Waals surface area contributed by atoms with Gasteiger partial charge in [-0.15, -0.1) is 0 Å². The van der Waals surface area contributed by atoms with E-state index in [9.17, 15) is 19.6 Å². The summed E-state index contributed by atoms with van der Waals surface area (Å²) < 4.78 is 1.65. The van der Waals surface area contributed by atoms with Gasteiger partial charge in [0.25, 0.3) is 11.8 Å². The van der Waals surface area contributed by atoms with Crippen LogP contribution in [0.1, 0.15) is 62.6 Å². The van der Waals surface area contributed by atoms with E-state index < -0.39 is 24.6 Å². The number of rotatable bonds is 12. The van der Waals surface area contributed by atoms with Gasteiger partial charge in [-0.05, 0) is 49.9 Å². The average molecular weight is 560 g/mol. The molecule has 41 heavy (non-hydrogen) atoms. The van der Waals surface area contributed by atoms with E-state index in [1.807, 2.05) is 76.2 Å². The molecule has 216 valence electrons. The molecule has 0 radical (unpaired) electrons. The zero-order chi connectivity index (χ0) is 29.6. The third kappa shape index (κ3) is 7.39. The Hall–Kier alpha value is -4.03. The first-order chi connectivity index (χ1) is 19.6. The number of carbonyl (C=O) groups is 2. The Morgan fingerprint density at radius 2 is 1.80 bits per heavy atom. The highest BCUT2D eigenvalue weighted by Crippen LogP contribution is 2.29. The average Bonchev–Trinajstić information content (AvgIpc) is 3.58. The molecular weight excluding hydrogens is 523 g/mol. The molecule has 12 heteroatoms. The van der Waals surface area contributed by atoms with Gasteiger partial charge < -0.3 is 25.5 Å². The van der Waals surface area contributed by atoms with Gasteiger partial charge in [0.05, 0.1) is 23.9 Å². The first kappa shape index (κ1) is 29.9. The van der Waals surface area contributed by atoms with E-state index in [0.717, 1.165) is 5.56 Å². The molecule has 2 aromatic heterocycles. The van der Waals surface area contributed by atoms with Crippen LogP contribution in [-0.2, 0) is 16.1 Å². The topological polar surface area (TPSA) is 151 Å². The Labute approximate surface area is 240 Å². The molecule has 1 aliphatic rings. The van der Waals surface area contributed by atoms with Crippen LogP contribution in [0.2, 0.25) is 0 Å². The number of oxime groups is 1. The van der Waals surface area contributed by atoms with Gasteiger partial charge in [-0.25, -0.2) is 0 Å². The van der Waals surface area contributed by atoms with Crippen LogP contribution < -0.4 is 10.6 Å². The molecule has 2 amide bonds. The number of hydrogen-bond donors (Lipinski definition) is 4. The normalized spacial score (nSPS) is 17.2. The Balaban J connectivity index is 1.49. The molecule has 3 aromatic rings. The number of hydrogen-bond acceptors (Lipinski definition) is 8. The highest BCUT2D eigenvalue weighted by atomic mass is 16.7. The summed E-state index contributed by atoms with van der Waals surface area (Å²) >= 11 is 0. The molecule has 0 fully saturated rings. The molecule has 1 unspecified atom stereocenters. The van der Waals surface area contributed by atoms with Crippen molar-refractivity contribution in [1.82, 2.24) is 25.4 Å². The molecule has 0 spiro atoms. The molecule has 4 N–H and O–H groups in total. The van der Waals surface area contributed by atoms with Crippen LogP contribution in [0.15, 0.2) is 65.9 Å². The molecule has 4 rings (SSSR count). The molecule has 0 aliphatic carbocycles. The largest absolute Gasteiger partial charge is 0.475 e. The van der Waals surface area contributed by atoms with Crippen molar-refractivity contribution in [2.24, 2.45) is 11.1 Å². The fraction of sp³-hybridized carbons (Fsp3) is 0.414. The summed E-state index contributed by atoms with van der Waals surface area (Å²) in [5.41, 5.74) is 1.56. The lowest BCUT2D eigenvalue weighted by Crippen LogP contribution is -2.56. The van der Waals surface area contributed by atoms with Crippen LogP contribution in [-0.4, -0.2) is 67.5 Å². The predicted octanol–water partition coefficient (Wildman–Crippen LogP) is 2.56. The smallest absolute Gasteiger partial charge is 0.426 e. The van der Waals surface area contributed by atoms with Crippen LogP contribution in [0.5, 0.6) is 0 Å². The zero-order valence-corrected chi connectivity index (χ0v) is 23.8. The third-order valence-electron chi connectivity index (χ3n) is 6.82. The van der Waals surface area contributed by atoms with Gasteiger partial charge in [0, 0.05) is 25.1 Å². The highest BCUT2D eigenvalue weighted by molar-refractivity contribution is 6.43. The van der Waals surface area contributed by atoms with Crippen molar-refractivity contribution in [1.29, 1.82) is 0 Å². The number of benzene rings is 1. The summed E-state index contributed by atoms with van der Waals surface area (Å²) in [6, 6.07) is 16.5. The van der Waals surface area contributed by atoms with E-state index in [1.165, 1.54) is 0 Å². The number of nitrogens with zero attached hydrogens (tertiary/aromatic N) is 4. The standard InChI is InChI=1S/C29H37BN6O5/c1-19(2)14-26(30(39)40)33-28(38)29(16-21-10-6-5-7-11-21)17-22(35-41-29)18-32-27(37)25-15-24(34-36(25)20(3)4)23-12-8-9-13-31-23/h5-13,15,19-20,26,39-40H,14,16-18H2,1-4H3,(H,32,37)(H,33,38)/t26-,29?/m0/s1. The molecule has 0 saturated carbocycles. The summed E-state index contributed by atoms with van der Waals surface area (Å²) in [5.74, 6) is -1.59. The number of aromatic nitrogens is 3. The summed E-state index contributed by atoms with van der Waals surface area (Å²) in [6.45, 7) is 7.80. The minimum atomic E-state index is -1.72. The van der Waals surface area contributed by atoms with Gasteiger partial charge >= 0.3 is 7.12 Å². The van der Waals surface area contributed by atoms with E-state index in [4.69, 9.17) is 4.84 Å². The van der Waals surface area contributed by atoms with Crippen LogP contribution >= 0.6 is 0 Å². The van der Waals surface area contributed by atoms with Crippen LogP contribution in [0.4, 0.5) is 0 Å². The lowest BCUT2D eigenvalue weighted by atomic mass is 9.74. The summed E-state index contributed by atoms with van der Waals surface area (Å²) in [4.78, 5) is 37.0. The van der Waals surface area contributed by atoms with E-state index in [2.05, 4.69) is 25.9 Å². The first-order valence-corrected chi connectivity index (χ1v) is 13.8. The summed E-state index contributed by atoms with van der Waals surface area (Å²) in [7, 11) is -1.72. The van der Waals surface area contributed by atoms with Gasteiger partial charge in [-0.2, -0.15) is 5.10 Å². The SMILES string of the molecule is CC(C)C[C@H](NC(=O)C1(Cc2ccccc2)CC(CNC(=O)c2cc(-c3ccccn3)nn2C(C)C)=NO1)B(O)O. The minimum Gasteiger partial charge on any atom is -0.426 e. The number of amides is 2. The van der Waals surface area contributed by atoms with Crippen molar-refractivity contribution in [3.8, 4) is 11.4 Å². The van der Waals surface area contributed by atoms with Gasteiger partial charge in [0.2, 0.25) is 5.60 Å². The lowest BCUT2D eigenvalue weighted by Gasteiger charge is -2.29. The van der Waals surface area contributed by atoms with Gasteiger partial charge in [-0.1, -0.05) is 55.4 Å². The quantitative estimate of drug-likeness (QED) is 0.249. The summed E-state index contributed by atoms with van der Waals surface area (Å²) in [6.07, 6.45) is 2.38. The maximum Gasteiger partial charge on any atom is 0.475 e. The van der Waals surface area contributed by atoms with Gasteiger partial charge in [0.15, 0.2) is 0 Å². The minimum absolute atomic E-state index is 0.0584. The monoisotopic (exact) mass is 560 g/mol. The Morgan fingerprint density at radius 3 is 2.44 bits per heavy atom. The van der Waals surface area contributed by atoms with Gasteiger partial charge in [0.1, 0.15) is 11.4 Å². The van der Waals surface area contributed by atoms with Crippen molar-refractivity contribution in [3.05, 3.63) is 72.1 Å². The molecule has 0 saturated heterocycles. The second-order valence-electron chi connectivity index (χ2n) is 11.1. The van der Waals surface area contributed by atoms with Gasteiger partial charge in [-0.3, -0.25) is 19.3 Å². The third-order valence-corrected chi connectivity index (χ3v) is 6.82. The zero-order valence-electron chi connectivity index (χ0n) is 23.8. The molecule has 1 aromatic carbocycles. The van der Waals surface area contributed by atoms with E-state index in [-0.39, 0.29) is 37.3 Å². The molecule has 2 atom stereocenters. The van der Waals surface area contributed by atoms with Crippen LogP contribution in [0, 0.1) is 5.92 Å². The fourth-order valence-electron chi connectivity index (χ4n) is 4.80. The van der Waals surface area contributed by atoms with Crippen LogP contribution in [0.25, 0.3) is 11.4 Å². The van der Waals surface area contributed by atoms with Crippen molar-refractivity contribution in [3.63, 3.8) is 0 Å². The van der Waals surface area contributed by atoms with Crippen LogP contribution in [0.3, 0.4) is 0 Å². The Morgan fingerprint density at radius 1 is 1.07 bits per heavy atom. The second kappa shape index (κ2) is 13.1. The fourth-order valence-corrected chi connectivity index (χ4v) is 4.80. The molecular formula is C29H37BN6O5. The van der Waals surface area contributed by atoms with E-state index in [0.29, 0.717) is 29.2 Å². The Kier molecular flexibility index (Phi) is 9.56. The number of nitrogens with one attached hydrogen (secondary N) is 2. The highest BCUT2D eigenvalue weighted by Gasteiger charge is 2.48. The summed E-state index contributed by atoms with van der Waals surface area (Å²) in [5, 5.41) is 34.2. The maximum atomic E-state index is 13.6. The molecule has 1 aliphatic heterocycles. The molecule has 3 heterocycles. The van der Waals surface area contributed by atoms with Crippen molar-refractivity contribution in [2.45, 2.75) is 64.5 Å². The van der Waals surface area contributed by atoms with Crippen molar-refractivity contribution < 1.29 is 24.5 Å². The number of pyridine rings is 1. The molecule has 0 bridgehead atoms. The van der Waals surface area contributed by atoms with Crippen molar-refractivity contribution in [2.75, 3.05) is 6.54 Å². The van der Waals surface area contributed by atoms with Crippen molar-refractivity contribution >= 4 is 24.6 Å². The Bertz CT molecular complexity index is 1360. The first-order valence-electron chi connectivity index (χ1n) is 13.8. The lowest BCUT2D eigenvalue weighted by molar-refractivity contribution is -0.144.